The van der Waals surface area contributed by atoms with E-state index in [1.807, 2.05) is 84.9 Å². The van der Waals surface area contributed by atoms with Crippen molar-refractivity contribution in [3.63, 3.8) is 0 Å². The summed E-state index contributed by atoms with van der Waals surface area (Å²) >= 11 is 0. The Bertz CT molecular complexity index is 2580. The standard InChI is InChI=1S/C45H28N4Si/c46-29-32-20-24-45-42(26-32)40-18-10-11-19-44(40)49(45)43-25-22-33(27-35(43)31-48)41-28-39(23-21-34(41)30-47)50(36-12-4-1-5-13-36,37-14-6-2-7-15-37)38-16-8-3-9-17-38/h1-28H. The zero-order chi connectivity index (χ0) is 34.1. The van der Waals surface area contributed by atoms with E-state index in [4.69, 9.17) is 0 Å². The topological polar surface area (TPSA) is 76.3 Å². The van der Waals surface area contributed by atoms with Gasteiger partial charge in [-0.05, 0) is 74.3 Å². The lowest BCUT2D eigenvalue weighted by Gasteiger charge is -2.34. The number of hydrogen-bond acceptors (Lipinski definition) is 3. The third kappa shape index (κ3) is 4.80. The smallest absolute Gasteiger partial charge is 0.179 e. The van der Waals surface area contributed by atoms with Gasteiger partial charge in [-0.25, -0.2) is 0 Å². The maximum absolute atomic E-state index is 10.6. The van der Waals surface area contributed by atoms with Crippen molar-refractivity contribution < 1.29 is 0 Å². The van der Waals surface area contributed by atoms with Gasteiger partial charge in [0.05, 0.1) is 45.5 Å². The molecular weight excluding hydrogens is 625 g/mol. The molecule has 0 saturated heterocycles. The fourth-order valence-electron chi connectivity index (χ4n) is 7.47. The van der Waals surface area contributed by atoms with Gasteiger partial charge in [0.25, 0.3) is 0 Å². The van der Waals surface area contributed by atoms with E-state index in [-0.39, 0.29) is 0 Å². The minimum absolute atomic E-state index is 0.487. The summed E-state index contributed by atoms with van der Waals surface area (Å²) in [5.41, 5.74) is 5.81. The van der Waals surface area contributed by atoms with Crippen molar-refractivity contribution in [1.29, 1.82) is 15.8 Å². The van der Waals surface area contributed by atoms with Gasteiger partial charge in [0.15, 0.2) is 8.07 Å². The summed E-state index contributed by atoms with van der Waals surface area (Å²) in [6.07, 6.45) is 0. The first kappa shape index (κ1) is 30.4. The fourth-order valence-corrected chi connectivity index (χ4v) is 12.2. The molecule has 0 saturated carbocycles. The summed E-state index contributed by atoms with van der Waals surface area (Å²) in [7, 11) is -2.85. The first-order valence-corrected chi connectivity index (χ1v) is 18.4. The third-order valence-corrected chi connectivity index (χ3v) is 14.4. The SMILES string of the molecule is N#Cc1ccc2c(c1)c1ccccc1n2-c1ccc(-c2cc([Si](c3ccccc3)(c3ccccc3)c3ccccc3)ccc2C#N)cc1C#N. The predicted octanol–water partition coefficient (Wildman–Crippen LogP) is 7.44. The van der Waals surface area contributed by atoms with Crippen LogP contribution in [0.2, 0.25) is 0 Å². The van der Waals surface area contributed by atoms with E-state index in [1.165, 1.54) is 15.6 Å². The molecule has 4 nitrogen and oxygen atoms in total. The van der Waals surface area contributed by atoms with Gasteiger partial charge in [-0.3, -0.25) is 0 Å². The molecule has 1 aromatic heterocycles. The van der Waals surface area contributed by atoms with Gasteiger partial charge in [-0.2, -0.15) is 15.8 Å². The molecule has 0 bridgehead atoms. The van der Waals surface area contributed by atoms with Crippen LogP contribution in [0, 0.1) is 34.0 Å². The number of aromatic nitrogens is 1. The summed E-state index contributed by atoms with van der Waals surface area (Å²) < 4.78 is 2.09. The Morgan fingerprint density at radius 2 is 1.00 bits per heavy atom. The second kappa shape index (κ2) is 12.6. The average Bonchev–Trinajstić information content (AvgIpc) is 3.52. The molecule has 5 heteroatoms. The minimum Gasteiger partial charge on any atom is -0.308 e. The highest BCUT2D eigenvalue weighted by molar-refractivity contribution is 7.19. The molecule has 0 radical (unpaired) electrons. The number of nitriles is 3. The molecule has 0 aliphatic rings. The number of hydrogen-bond donors (Lipinski definition) is 0. The lowest BCUT2D eigenvalue weighted by atomic mass is 9.98. The van der Waals surface area contributed by atoms with E-state index in [1.54, 1.807) is 0 Å². The Morgan fingerprint density at radius 3 is 1.60 bits per heavy atom. The van der Waals surface area contributed by atoms with Gasteiger partial charge in [0.2, 0.25) is 0 Å². The normalized spacial score (nSPS) is 11.1. The second-order valence-corrected chi connectivity index (χ2v) is 16.1. The van der Waals surface area contributed by atoms with Crippen LogP contribution >= 0.6 is 0 Å². The van der Waals surface area contributed by atoms with Crippen molar-refractivity contribution in [3.8, 4) is 35.0 Å². The summed E-state index contributed by atoms with van der Waals surface area (Å²) in [4.78, 5) is 0. The quantitative estimate of drug-likeness (QED) is 0.138. The average molecular weight is 653 g/mol. The fraction of sp³-hybridized carbons (Fsp3) is 0. The number of fused-ring (bicyclic) bond motifs is 3. The van der Waals surface area contributed by atoms with E-state index >= 15 is 0 Å². The first-order chi connectivity index (χ1) is 24.7. The molecule has 8 aromatic rings. The van der Waals surface area contributed by atoms with Crippen molar-refractivity contribution in [2.45, 2.75) is 0 Å². The molecule has 0 atom stereocenters. The molecule has 0 aliphatic heterocycles. The van der Waals surface area contributed by atoms with E-state index in [0.717, 1.165) is 43.8 Å². The van der Waals surface area contributed by atoms with Crippen molar-refractivity contribution >= 4 is 50.6 Å². The van der Waals surface area contributed by atoms with Crippen molar-refractivity contribution in [3.05, 3.63) is 187 Å². The summed E-state index contributed by atoms with van der Waals surface area (Å²) in [5, 5.41) is 37.5. The number of rotatable bonds is 6. The van der Waals surface area contributed by atoms with E-state index < -0.39 is 8.07 Å². The van der Waals surface area contributed by atoms with Crippen LogP contribution in [0.5, 0.6) is 0 Å². The number of benzene rings is 7. The molecule has 0 aliphatic carbocycles. The van der Waals surface area contributed by atoms with Crippen LogP contribution in [0.15, 0.2) is 170 Å². The molecule has 50 heavy (non-hydrogen) atoms. The maximum Gasteiger partial charge on any atom is 0.179 e. The molecular formula is C45H28N4Si. The van der Waals surface area contributed by atoms with Gasteiger partial charge >= 0.3 is 0 Å². The molecule has 0 fully saturated rings. The predicted molar refractivity (Wildman–Crippen MR) is 204 cm³/mol. The van der Waals surface area contributed by atoms with Gasteiger partial charge in [-0.15, -0.1) is 0 Å². The van der Waals surface area contributed by atoms with Crippen LogP contribution < -0.4 is 20.7 Å². The van der Waals surface area contributed by atoms with E-state index in [9.17, 15) is 15.8 Å². The first-order valence-electron chi connectivity index (χ1n) is 16.4. The second-order valence-electron chi connectivity index (χ2n) is 12.3. The zero-order valence-corrected chi connectivity index (χ0v) is 28.0. The van der Waals surface area contributed by atoms with Gasteiger partial charge in [-0.1, -0.05) is 127 Å². The molecule has 0 amide bonds. The molecule has 232 valence electrons. The van der Waals surface area contributed by atoms with Crippen LogP contribution in [0.4, 0.5) is 0 Å². The largest absolute Gasteiger partial charge is 0.308 e. The molecule has 8 rings (SSSR count). The maximum atomic E-state index is 10.6. The molecule has 0 spiro atoms. The van der Waals surface area contributed by atoms with Gasteiger partial charge < -0.3 is 4.57 Å². The van der Waals surface area contributed by atoms with Crippen molar-refractivity contribution in [2.24, 2.45) is 0 Å². The highest BCUT2D eigenvalue weighted by atomic mass is 28.3. The third-order valence-electron chi connectivity index (χ3n) is 9.66. The Balaban J connectivity index is 1.37. The van der Waals surface area contributed by atoms with Crippen LogP contribution in [0.3, 0.4) is 0 Å². The summed E-state index contributed by atoms with van der Waals surface area (Å²) in [6, 6.07) is 65.0. The van der Waals surface area contributed by atoms with Crippen LogP contribution in [0.1, 0.15) is 16.7 Å². The number of para-hydroxylation sites is 1. The lowest BCUT2D eigenvalue weighted by Crippen LogP contribution is -2.74. The molecule has 0 unspecified atom stereocenters. The van der Waals surface area contributed by atoms with E-state index in [0.29, 0.717) is 16.7 Å². The Morgan fingerprint density at radius 1 is 0.420 bits per heavy atom. The minimum atomic E-state index is -2.85. The Kier molecular flexibility index (Phi) is 7.63. The molecule has 1 heterocycles. The van der Waals surface area contributed by atoms with Gasteiger partial charge in [0, 0.05) is 10.8 Å². The Labute approximate surface area is 291 Å². The Hall–Kier alpha value is -6.97. The lowest BCUT2D eigenvalue weighted by molar-refractivity contribution is 1.17. The van der Waals surface area contributed by atoms with Crippen molar-refractivity contribution in [1.82, 2.24) is 4.57 Å². The summed E-state index contributed by atoms with van der Waals surface area (Å²) in [5.74, 6) is 0. The van der Waals surface area contributed by atoms with Crippen LogP contribution in [-0.2, 0) is 0 Å². The monoisotopic (exact) mass is 652 g/mol. The summed E-state index contributed by atoms with van der Waals surface area (Å²) in [6.45, 7) is 0. The highest BCUT2D eigenvalue weighted by Gasteiger charge is 2.41. The van der Waals surface area contributed by atoms with Gasteiger partial charge in [0.1, 0.15) is 6.07 Å². The highest BCUT2D eigenvalue weighted by Crippen LogP contribution is 2.35. The van der Waals surface area contributed by atoms with Crippen LogP contribution in [-0.4, -0.2) is 12.6 Å². The zero-order valence-electron chi connectivity index (χ0n) is 27.0. The molecule has 0 N–H and O–H groups in total. The molecule has 7 aromatic carbocycles. The number of nitrogens with zero attached hydrogens (tertiary/aromatic N) is 4. The van der Waals surface area contributed by atoms with Crippen molar-refractivity contribution in [2.75, 3.05) is 0 Å². The van der Waals surface area contributed by atoms with E-state index in [2.05, 4.69) is 108 Å². The van der Waals surface area contributed by atoms with Crippen LogP contribution in [0.25, 0.3) is 38.6 Å².